The highest BCUT2D eigenvalue weighted by Crippen LogP contribution is 2.29. The Morgan fingerprint density at radius 1 is 1.25 bits per heavy atom. The second kappa shape index (κ2) is 6.74. The number of rotatable bonds is 5. The van der Waals surface area contributed by atoms with Gasteiger partial charge in [0.25, 0.3) is 0 Å². The van der Waals surface area contributed by atoms with Crippen molar-refractivity contribution in [1.82, 2.24) is 10.2 Å². The molecule has 1 N–H and O–H groups in total. The number of ether oxygens (including phenoxy) is 1. The lowest BCUT2D eigenvalue weighted by atomic mass is 9.90. The fourth-order valence-electron chi connectivity index (χ4n) is 3.42. The van der Waals surface area contributed by atoms with E-state index in [-0.39, 0.29) is 0 Å². The number of morpholine rings is 1. The molecule has 0 amide bonds. The van der Waals surface area contributed by atoms with E-state index < -0.39 is 0 Å². The minimum absolute atomic E-state index is 0.452. The number of fused-ring (bicyclic) bond motifs is 1. The molecule has 0 spiro atoms. The zero-order valence-electron chi connectivity index (χ0n) is 12.4. The quantitative estimate of drug-likeness (QED) is 0.898. The first-order chi connectivity index (χ1) is 9.86. The van der Waals surface area contributed by atoms with Gasteiger partial charge in [-0.2, -0.15) is 0 Å². The minimum atomic E-state index is 0.452. The van der Waals surface area contributed by atoms with Crippen LogP contribution in [0.4, 0.5) is 0 Å². The lowest BCUT2D eigenvalue weighted by Crippen LogP contribution is -2.52. The Balaban J connectivity index is 1.59. The summed E-state index contributed by atoms with van der Waals surface area (Å²) < 4.78 is 11.8. The van der Waals surface area contributed by atoms with Crippen LogP contribution in [0.15, 0.2) is 16.5 Å². The van der Waals surface area contributed by atoms with E-state index in [2.05, 4.69) is 29.3 Å². The van der Waals surface area contributed by atoms with Crippen molar-refractivity contribution in [3.63, 3.8) is 0 Å². The van der Waals surface area contributed by atoms with Gasteiger partial charge in [-0.3, -0.25) is 4.90 Å². The molecule has 2 aliphatic rings. The van der Waals surface area contributed by atoms with Gasteiger partial charge in [0, 0.05) is 12.6 Å². The van der Waals surface area contributed by atoms with E-state index in [1.807, 2.05) is 0 Å². The summed E-state index contributed by atoms with van der Waals surface area (Å²) in [6.45, 7) is 6.74. The summed E-state index contributed by atoms with van der Waals surface area (Å²) in [6.07, 6.45) is 5.61. The highest BCUT2D eigenvalue weighted by Gasteiger charge is 2.34. The average Bonchev–Trinajstić information content (AvgIpc) is 2.93. The number of hydrogen-bond acceptors (Lipinski definition) is 4. The van der Waals surface area contributed by atoms with Crippen molar-refractivity contribution in [2.45, 2.75) is 57.8 Å². The Morgan fingerprint density at radius 3 is 3.00 bits per heavy atom. The van der Waals surface area contributed by atoms with Gasteiger partial charge in [-0.1, -0.05) is 19.8 Å². The van der Waals surface area contributed by atoms with E-state index in [1.165, 1.54) is 25.7 Å². The van der Waals surface area contributed by atoms with E-state index in [0.717, 1.165) is 44.3 Å². The predicted octanol–water partition coefficient (Wildman–Crippen LogP) is 2.53. The van der Waals surface area contributed by atoms with Gasteiger partial charge in [-0.25, -0.2) is 0 Å². The van der Waals surface area contributed by atoms with E-state index in [4.69, 9.17) is 9.15 Å². The molecular formula is C16H26N2O2. The molecule has 4 nitrogen and oxygen atoms in total. The molecule has 112 valence electrons. The largest absolute Gasteiger partial charge is 0.463 e. The maximum atomic E-state index is 5.93. The van der Waals surface area contributed by atoms with Gasteiger partial charge in [0.15, 0.2) is 0 Å². The molecule has 0 radical (unpaired) electrons. The molecule has 0 bridgehead atoms. The van der Waals surface area contributed by atoms with E-state index >= 15 is 0 Å². The van der Waals surface area contributed by atoms with Crippen molar-refractivity contribution in [3.05, 3.63) is 23.7 Å². The van der Waals surface area contributed by atoms with Crippen LogP contribution >= 0.6 is 0 Å². The third-order valence-electron chi connectivity index (χ3n) is 4.47. The summed E-state index contributed by atoms with van der Waals surface area (Å²) >= 11 is 0. The van der Waals surface area contributed by atoms with Crippen molar-refractivity contribution < 1.29 is 9.15 Å². The smallest absolute Gasteiger partial charge is 0.118 e. The van der Waals surface area contributed by atoms with E-state index in [0.29, 0.717) is 12.1 Å². The molecule has 2 atom stereocenters. The Kier molecular flexibility index (Phi) is 4.76. The van der Waals surface area contributed by atoms with Crippen molar-refractivity contribution in [2.24, 2.45) is 0 Å². The van der Waals surface area contributed by atoms with Crippen LogP contribution in [-0.4, -0.2) is 36.7 Å². The van der Waals surface area contributed by atoms with Crippen LogP contribution in [0.3, 0.4) is 0 Å². The Bertz CT molecular complexity index is 416. The molecular weight excluding hydrogens is 252 g/mol. The molecule has 1 aromatic heterocycles. The third-order valence-corrected chi connectivity index (χ3v) is 4.47. The number of nitrogens with zero attached hydrogens (tertiary/aromatic N) is 1. The molecule has 0 aromatic carbocycles. The highest BCUT2D eigenvalue weighted by molar-refractivity contribution is 5.07. The van der Waals surface area contributed by atoms with Crippen LogP contribution in [0.25, 0.3) is 0 Å². The first kappa shape index (κ1) is 14.1. The first-order valence-electron chi connectivity index (χ1n) is 8.01. The van der Waals surface area contributed by atoms with Gasteiger partial charge in [0.2, 0.25) is 0 Å². The lowest BCUT2D eigenvalue weighted by molar-refractivity contribution is -0.0927. The maximum Gasteiger partial charge on any atom is 0.118 e. The van der Waals surface area contributed by atoms with Crippen LogP contribution in [0.2, 0.25) is 0 Å². The Morgan fingerprint density at radius 2 is 2.10 bits per heavy atom. The van der Waals surface area contributed by atoms with Gasteiger partial charge in [-0.05, 0) is 31.5 Å². The van der Waals surface area contributed by atoms with Gasteiger partial charge in [0.1, 0.15) is 11.5 Å². The number of hydrogen-bond donors (Lipinski definition) is 1. The summed E-state index contributed by atoms with van der Waals surface area (Å²) in [4.78, 5) is 2.56. The lowest BCUT2D eigenvalue weighted by Gasteiger charge is -2.43. The normalized spacial score (nSPS) is 27.4. The molecule has 1 aliphatic heterocycles. The van der Waals surface area contributed by atoms with Crippen molar-refractivity contribution in [1.29, 1.82) is 0 Å². The van der Waals surface area contributed by atoms with Crippen LogP contribution in [0.1, 0.15) is 44.1 Å². The molecule has 2 fully saturated rings. The summed E-state index contributed by atoms with van der Waals surface area (Å²) in [5, 5.41) is 3.30. The molecule has 2 unspecified atom stereocenters. The SMILES string of the molecule is CCNCc1ccc(CN2CCOC3CCCCC32)o1. The first-order valence-corrected chi connectivity index (χ1v) is 8.01. The molecule has 1 saturated carbocycles. The molecule has 2 heterocycles. The standard InChI is InChI=1S/C16H26N2O2/c1-2-17-11-13-7-8-14(20-13)12-18-9-10-19-16-6-4-3-5-15(16)18/h7-8,15-17H,2-6,9-12H2,1H3. The zero-order valence-corrected chi connectivity index (χ0v) is 12.4. The average molecular weight is 278 g/mol. The molecule has 1 aromatic rings. The fraction of sp³-hybridized carbons (Fsp3) is 0.750. The minimum Gasteiger partial charge on any atom is -0.463 e. The van der Waals surface area contributed by atoms with Gasteiger partial charge in [-0.15, -0.1) is 0 Å². The topological polar surface area (TPSA) is 37.6 Å². The second-order valence-corrected chi connectivity index (χ2v) is 5.88. The number of furan rings is 1. The molecule has 20 heavy (non-hydrogen) atoms. The summed E-state index contributed by atoms with van der Waals surface area (Å²) in [5.41, 5.74) is 0. The molecule has 1 saturated heterocycles. The molecule has 3 rings (SSSR count). The Labute approximate surface area is 121 Å². The zero-order chi connectivity index (χ0) is 13.8. The van der Waals surface area contributed by atoms with Gasteiger partial charge >= 0.3 is 0 Å². The van der Waals surface area contributed by atoms with Gasteiger partial charge < -0.3 is 14.5 Å². The van der Waals surface area contributed by atoms with Crippen LogP contribution < -0.4 is 5.32 Å². The molecule has 1 aliphatic carbocycles. The predicted molar refractivity (Wildman–Crippen MR) is 78.5 cm³/mol. The summed E-state index contributed by atoms with van der Waals surface area (Å²) in [7, 11) is 0. The second-order valence-electron chi connectivity index (χ2n) is 5.88. The number of nitrogens with one attached hydrogen (secondary N) is 1. The van der Waals surface area contributed by atoms with Crippen LogP contribution in [0.5, 0.6) is 0 Å². The fourth-order valence-corrected chi connectivity index (χ4v) is 3.42. The van der Waals surface area contributed by atoms with Crippen molar-refractivity contribution in [3.8, 4) is 0 Å². The monoisotopic (exact) mass is 278 g/mol. The van der Waals surface area contributed by atoms with E-state index in [1.54, 1.807) is 0 Å². The Hall–Kier alpha value is -0.840. The van der Waals surface area contributed by atoms with Crippen molar-refractivity contribution in [2.75, 3.05) is 19.7 Å². The summed E-state index contributed by atoms with van der Waals surface area (Å²) in [6, 6.07) is 4.82. The van der Waals surface area contributed by atoms with Crippen LogP contribution in [-0.2, 0) is 17.8 Å². The van der Waals surface area contributed by atoms with Crippen molar-refractivity contribution >= 4 is 0 Å². The third kappa shape index (κ3) is 3.25. The highest BCUT2D eigenvalue weighted by atomic mass is 16.5. The molecule has 4 heteroatoms. The van der Waals surface area contributed by atoms with Crippen LogP contribution in [0, 0.1) is 0 Å². The van der Waals surface area contributed by atoms with Gasteiger partial charge in [0.05, 0.1) is 25.8 Å². The maximum absolute atomic E-state index is 5.93. The van der Waals surface area contributed by atoms with E-state index in [9.17, 15) is 0 Å². The summed E-state index contributed by atoms with van der Waals surface area (Å²) in [5.74, 6) is 2.12.